The molecule has 1 aliphatic rings. The summed E-state index contributed by atoms with van der Waals surface area (Å²) in [5.74, 6) is 0.598. The molecule has 0 saturated carbocycles. The van der Waals surface area contributed by atoms with Gasteiger partial charge in [-0.1, -0.05) is 0 Å². The molecule has 3 nitrogen and oxygen atoms in total. The summed E-state index contributed by atoms with van der Waals surface area (Å²) in [6.45, 7) is 0.909. The second-order valence-corrected chi connectivity index (χ2v) is 1.84. The zero-order chi connectivity index (χ0) is 6.10. The minimum atomic E-state index is 0.306. The topological polar surface area (TPSA) is 31.6 Å². The summed E-state index contributed by atoms with van der Waals surface area (Å²) in [6.07, 6.45) is 1.60. The van der Waals surface area contributed by atoms with Crippen LogP contribution in [-0.4, -0.2) is 6.79 Å². The lowest BCUT2D eigenvalue weighted by Crippen LogP contribution is -2.08. The van der Waals surface area contributed by atoms with Crippen molar-refractivity contribution in [3.63, 3.8) is 0 Å². The van der Waals surface area contributed by atoms with Crippen molar-refractivity contribution in [2.75, 3.05) is 6.79 Å². The van der Waals surface area contributed by atoms with Crippen molar-refractivity contribution in [3.05, 3.63) is 17.9 Å². The number of furan rings is 1. The van der Waals surface area contributed by atoms with E-state index in [9.17, 15) is 0 Å². The van der Waals surface area contributed by atoms with Gasteiger partial charge in [0.05, 0.1) is 18.4 Å². The average Bonchev–Trinajstić information content (AvgIpc) is 2.33. The summed E-state index contributed by atoms with van der Waals surface area (Å²) >= 11 is 0. The normalized spacial score (nSPS) is 16.4. The summed E-state index contributed by atoms with van der Waals surface area (Å²) in [7, 11) is 0. The number of hydrogen-bond acceptors (Lipinski definition) is 3. The largest absolute Gasteiger partial charge is 0.438 e. The van der Waals surface area contributed by atoms with Gasteiger partial charge < -0.3 is 13.9 Å². The first-order valence-corrected chi connectivity index (χ1v) is 2.74. The Morgan fingerprint density at radius 1 is 1.44 bits per heavy atom. The number of ether oxygens (including phenoxy) is 2. The van der Waals surface area contributed by atoms with Gasteiger partial charge in [0.2, 0.25) is 0 Å². The third-order valence-electron chi connectivity index (χ3n) is 1.24. The maximum atomic E-state index is 4.97. The summed E-state index contributed by atoms with van der Waals surface area (Å²) < 4.78 is 14.9. The van der Waals surface area contributed by atoms with Crippen LogP contribution in [-0.2, 0) is 11.3 Å². The van der Waals surface area contributed by atoms with Crippen molar-refractivity contribution in [1.82, 2.24) is 0 Å². The highest BCUT2D eigenvalue weighted by Crippen LogP contribution is 2.23. The van der Waals surface area contributed by atoms with E-state index in [1.54, 1.807) is 6.26 Å². The summed E-state index contributed by atoms with van der Waals surface area (Å²) in [5, 5.41) is 0. The van der Waals surface area contributed by atoms with E-state index in [2.05, 4.69) is 0 Å². The van der Waals surface area contributed by atoms with Crippen LogP contribution in [0.3, 0.4) is 0 Å². The van der Waals surface area contributed by atoms with E-state index < -0.39 is 0 Å². The molecule has 0 saturated heterocycles. The van der Waals surface area contributed by atoms with Crippen LogP contribution >= 0.6 is 0 Å². The molecule has 0 fully saturated rings. The maximum Gasteiger partial charge on any atom is 0.292 e. The van der Waals surface area contributed by atoms with E-state index in [-0.39, 0.29) is 0 Å². The molecule has 1 aliphatic heterocycles. The molecule has 0 atom stereocenters. The molecule has 1 aromatic rings. The first kappa shape index (κ1) is 4.88. The van der Waals surface area contributed by atoms with E-state index in [4.69, 9.17) is 13.9 Å². The van der Waals surface area contributed by atoms with Gasteiger partial charge in [0.15, 0.2) is 6.79 Å². The lowest BCUT2D eigenvalue weighted by atomic mass is 10.3. The summed E-state index contributed by atoms with van der Waals surface area (Å²) in [5.41, 5.74) is 0.987. The maximum absolute atomic E-state index is 4.97. The third-order valence-corrected chi connectivity index (χ3v) is 1.24. The first-order chi connectivity index (χ1) is 4.47. The lowest BCUT2D eigenvalue weighted by molar-refractivity contribution is -0.0304. The smallest absolute Gasteiger partial charge is 0.292 e. The fraction of sp³-hybridized carbons (Fsp3) is 0.333. The molecule has 0 amide bonds. The minimum Gasteiger partial charge on any atom is -0.438 e. The number of hydrogen-bond donors (Lipinski definition) is 0. The Kier molecular flexibility index (Phi) is 0.960. The van der Waals surface area contributed by atoms with E-state index >= 15 is 0 Å². The molecule has 1 aromatic heterocycles. The van der Waals surface area contributed by atoms with Crippen LogP contribution in [0.5, 0.6) is 5.95 Å². The monoisotopic (exact) mass is 126 g/mol. The molecular weight excluding hydrogens is 120 g/mol. The average molecular weight is 126 g/mol. The molecule has 0 bridgehead atoms. The van der Waals surface area contributed by atoms with Crippen molar-refractivity contribution in [1.29, 1.82) is 0 Å². The molecule has 0 N–H and O–H groups in total. The second kappa shape index (κ2) is 1.77. The van der Waals surface area contributed by atoms with Crippen LogP contribution in [0.15, 0.2) is 16.7 Å². The quantitative estimate of drug-likeness (QED) is 0.522. The van der Waals surface area contributed by atoms with Crippen molar-refractivity contribution >= 4 is 0 Å². The highest BCUT2D eigenvalue weighted by atomic mass is 16.7. The zero-order valence-electron chi connectivity index (χ0n) is 4.79. The Morgan fingerprint density at radius 2 is 2.44 bits per heavy atom. The molecule has 0 aromatic carbocycles. The van der Waals surface area contributed by atoms with E-state index in [1.807, 2.05) is 6.07 Å². The highest BCUT2D eigenvalue weighted by molar-refractivity contribution is 5.22. The molecule has 0 spiro atoms. The predicted molar refractivity (Wildman–Crippen MR) is 29.0 cm³/mol. The molecule has 0 radical (unpaired) electrons. The predicted octanol–water partition coefficient (Wildman–Crippen LogP) is 1.15. The Hall–Kier alpha value is -0.960. The molecule has 2 heterocycles. The van der Waals surface area contributed by atoms with Crippen LogP contribution in [0.4, 0.5) is 0 Å². The van der Waals surface area contributed by atoms with Gasteiger partial charge in [-0.2, -0.15) is 0 Å². The Balaban J connectivity index is 2.39. The van der Waals surface area contributed by atoms with Gasteiger partial charge in [-0.3, -0.25) is 0 Å². The molecular formula is C6H6O3. The van der Waals surface area contributed by atoms with E-state index in [0.29, 0.717) is 19.3 Å². The van der Waals surface area contributed by atoms with Crippen LogP contribution in [0.1, 0.15) is 5.56 Å². The first-order valence-electron chi connectivity index (χ1n) is 2.74. The molecule has 9 heavy (non-hydrogen) atoms. The van der Waals surface area contributed by atoms with Crippen LogP contribution in [0.25, 0.3) is 0 Å². The van der Waals surface area contributed by atoms with Crippen molar-refractivity contribution in [2.45, 2.75) is 6.61 Å². The molecule has 0 unspecified atom stereocenters. The van der Waals surface area contributed by atoms with Gasteiger partial charge >= 0.3 is 0 Å². The van der Waals surface area contributed by atoms with E-state index in [1.165, 1.54) is 0 Å². The van der Waals surface area contributed by atoms with Crippen molar-refractivity contribution < 1.29 is 13.9 Å². The van der Waals surface area contributed by atoms with Gasteiger partial charge in [0.25, 0.3) is 5.95 Å². The molecule has 48 valence electrons. The van der Waals surface area contributed by atoms with Gasteiger partial charge in [-0.15, -0.1) is 0 Å². The number of fused-ring (bicyclic) bond motifs is 1. The summed E-state index contributed by atoms with van der Waals surface area (Å²) in [4.78, 5) is 0. The van der Waals surface area contributed by atoms with Crippen LogP contribution in [0, 0.1) is 0 Å². The fourth-order valence-corrected chi connectivity index (χ4v) is 0.802. The highest BCUT2D eigenvalue weighted by Gasteiger charge is 2.11. The Bertz CT molecular complexity index is 183. The Morgan fingerprint density at radius 3 is 3.33 bits per heavy atom. The molecule has 2 rings (SSSR count). The molecule has 3 heteroatoms. The summed E-state index contributed by atoms with van der Waals surface area (Å²) in [6, 6.07) is 1.84. The SMILES string of the molecule is c1cc2c(o1)OCOC2. The van der Waals surface area contributed by atoms with Crippen LogP contribution < -0.4 is 4.74 Å². The van der Waals surface area contributed by atoms with Gasteiger partial charge in [0.1, 0.15) is 0 Å². The standard InChI is InChI=1S/C6H6O3/c1-2-8-6-5(1)3-7-4-9-6/h1-2H,3-4H2. The Labute approximate surface area is 52.2 Å². The van der Waals surface area contributed by atoms with Gasteiger partial charge in [0, 0.05) is 0 Å². The minimum absolute atomic E-state index is 0.306. The lowest BCUT2D eigenvalue weighted by Gasteiger charge is -2.10. The van der Waals surface area contributed by atoms with Gasteiger partial charge in [-0.05, 0) is 6.07 Å². The zero-order valence-corrected chi connectivity index (χ0v) is 4.79. The van der Waals surface area contributed by atoms with Gasteiger partial charge in [-0.25, -0.2) is 0 Å². The number of rotatable bonds is 0. The van der Waals surface area contributed by atoms with Crippen molar-refractivity contribution in [3.8, 4) is 5.95 Å². The van der Waals surface area contributed by atoms with Crippen molar-refractivity contribution in [2.24, 2.45) is 0 Å². The third kappa shape index (κ3) is 0.695. The van der Waals surface area contributed by atoms with E-state index in [0.717, 1.165) is 5.56 Å². The molecule has 0 aliphatic carbocycles. The second-order valence-electron chi connectivity index (χ2n) is 1.84. The fourth-order valence-electron chi connectivity index (χ4n) is 0.802. The van der Waals surface area contributed by atoms with Crippen LogP contribution in [0.2, 0.25) is 0 Å².